The van der Waals surface area contributed by atoms with Crippen LogP contribution in [0.2, 0.25) is 0 Å². The van der Waals surface area contributed by atoms with Crippen molar-refractivity contribution >= 4 is 5.91 Å². The normalized spacial score (nSPS) is 22.6. The van der Waals surface area contributed by atoms with Crippen LogP contribution in [0.4, 0.5) is 0 Å². The van der Waals surface area contributed by atoms with Gasteiger partial charge in [-0.15, -0.1) is 0 Å². The first kappa shape index (κ1) is 12.5. The van der Waals surface area contributed by atoms with Crippen LogP contribution in [0.1, 0.15) is 39.4 Å². The van der Waals surface area contributed by atoms with E-state index in [1.807, 2.05) is 18.2 Å². The first-order valence-electron chi connectivity index (χ1n) is 7.35. The van der Waals surface area contributed by atoms with Gasteiger partial charge in [0.1, 0.15) is 5.75 Å². The van der Waals surface area contributed by atoms with E-state index in [4.69, 9.17) is 4.74 Å². The Morgan fingerprint density at radius 3 is 2.86 bits per heavy atom. The molecule has 0 bridgehead atoms. The van der Waals surface area contributed by atoms with Crippen molar-refractivity contribution in [3.63, 3.8) is 0 Å². The van der Waals surface area contributed by atoms with Crippen LogP contribution < -0.4 is 10.1 Å². The van der Waals surface area contributed by atoms with E-state index in [9.17, 15) is 4.79 Å². The third kappa shape index (κ3) is 1.77. The third-order valence-electron chi connectivity index (χ3n) is 4.68. The summed E-state index contributed by atoms with van der Waals surface area (Å²) in [7, 11) is 1.67. The molecule has 106 valence electrons. The Morgan fingerprint density at radius 2 is 2.00 bits per heavy atom. The maximum Gasteiger partial charge on any atom is 0.251 e. The number of carbonyl (C=O) groups excluding carboxylic acids is 1. The van der Waals surface area contributed by atoms with Gasteiger partial charge in [0, 0.05) is 23.1 Å². The zero-order valence-corrected chi connectivity index (χ0v) is 11.9. The molecule has 0 radical (unpaired) electrons. The number of hydrogen-bond donors (Lipinski definition) is 1. The number of hydrogen-bond acceptors (Lipinski definition) is 2. The Balaban J connectivity index is 1.98. The molecule has 1 heterocycles. The second-order valence-electron chi connectivity index (χ2n) is 5.72. The van der Waals surface area contributed by atoms with Gasteiger partial charge >= 0.3 is 0 Å². The predicted octanol–water partition coefficient (Wildman–Crippen LogP) is 2.89. The maximum atomic E-state index is 12.4. The van der Waals surface area contributed by atoms with Gasteiger partial charge in [-0.05, 0) is 36.1 Å². The summed E-state index contributed by atoms with van der Waals surface area (Å²) in [6.45, 7) is 0. The van der Waals surface area contributed by atoms with Gasteiger partial charge in [0.25, 0.3) is 5.91 Å². The van der Waals surface area contributed by atoms with Crippen LogP contribution in [-0.2, 0) is 6.42 Å². The molecule has 0 saturated carbocycles. The molecule has 3 heteroatoms. The molecule has 1 N–H and O–H groups in total. The molecule has 2 aliphatic rings. The summed E-state index contributed by atoms with van der Waals surface area (Å²) in [5.74, 6) is 1.03. The van der Waals surface area contributed by atoms with Crippen molar-refractivity contribution in [2.75, 3.05) is 7.11 Å². The van der Waals surface area contributed by atoms with Crippen LogP contribution in [0.15, 0.2) is 42.5 Å². The molecule has 2 atom stereocenters. The SMILES string of the molecule is COc1cccc2c1C1c3ccccc3CCC1NC2=O. The molecule has 0 aromatic heterocycles. The molecule has 4 rings (SSSR count). The number of rotatable bonds is 1. The summed E-state index contributed by atoms with van der Waals surface area (Å²) in [5.41, 5.74) is 4.49. The standard InChI is InChI=1S/C18H17NO2/c1-21-15-8-4-7-13-17(15)16-12-6-3-2-5-11(12)9-10-14(16)19-18(13)20/h2-8,14,16H,9-10H2,1H3,(H,19,20). The summed E-state index contributed by atoms with van der Waals surface area (Å²) in [4.78, 5) is 12.4. The summed E-state index contributed by atoms with van der Waals surface area (Å²) in [5, 5.41) is 3.17. The Labute approximate surface area is 123 Å². The second kappa shape index (κ2) is 4.62. The van der Waals surface area contributed by atoms with Crippen molar-refractivity contribution in [3.05, 3.63) is 64.7 Å². The summed E-state index contributed by atoms with van der Waals surface area (Å²) in [6, 6.07) is 14.4. The van der Waals surface area contributed by atoms with Crippen molar-refractivity contribution < 1.29 is 9.53 Å². The number of fused-ring (bicyclic) bond motifs is 5. The predicted molar refractivity (Wildman–Crippen MR) is 80.9 cm³/mol. The Morgan fingerprint density at radius 1 is 1.14 bits per heavy atom. The van der Waals surface area contributed by atoms with Crippen molar-refractivity contribution in [3.8, 4) is 5.75 Å². The van der Waals surface area contributed by atoms with Crippen molar-refractivity contribution in [2.45, 2.75) is 24.8 Å². The number of amides is 1. The lowest BCUT2D eigenvalue weighted by molar-refractivity contribution is 0.0913. The van der Waals surface area contributed by atoms with Crippen LogP contribution in [0.5, 0.6) is 5.75 Å². The van der Waals surface area contributed by atoms with Gasteiger partial charge in [0.2, 0.25) is 0 Å². The maximum absolute atomic E-state index is 12.4. The van der Waals surface area contributed by atoms with Crippen molar-refractivity contribution in [1.82, 2.24) is 5.32 Å². The smallest absolute Gasteiger partial charge is 0.251 e. The lowest BCUT2D eigenvalue weighted by Gasteiger charge is -2.39. The van der Waals surface area contributed by atoms with E-state index in [1.54, 1.807) is 7.11 Å². The molecular formula is C18H17NO2. The average molecular weight is 279 g/mol. The van der Waals surface area contributed by atoms with Crippen molar-refractivity contribution in [2.24, 2.45) is 0 Å². The zero-order valence-electron chi connectivity index (χ0n) is 11.9. The highest BCUT2D eigenvalue weighted by atomic mass is 16.5. The topological polar surface area (TPSA) is 38.3 Å². The minimum atomic E-state index is 0.0181. The quantitative estimate of drug-likeness (QED) is 0.871. The molecule has 3 nitrogen and oxygen atoms in total. The van der Waals surface area contributed by atoms with Crippen LogP contribution >= 0.6 is 0 Å². The van der Waals surface area contributed by atoms with E-state index >= 15 is 0 Å². The van der Waals surface area contributed by atoms with Gasteiger partial charge in [0.15, 0.2) is 0 Å². The molecule has 2 aromatic carbocycles. The minimum absolute atomic E-state index is 0.0181. The van der Waals surface area contributed by atoms with E-state index in [1.165, 1.54) is 11.1 Å². The van der Waals surface area contributed by atoms with Crippen LogP contribution in [-0.4, -0.2) is 19.1 Å². The third-order valence-corrected chi connectivity index (χ3v) is 4.68. The zero-order chi connectivity index (χ0) is 14.4. The van der Waals surface area contributed by atoms with E-state index in [2.05, 4.69) is 29.6 Å². The van der Waals surface area contributed by atoms with Gasteiger partial charge in [0.05, 0.1) is 7.11 Å². The highest BCUT2D eigenvalue weighted by Gasteiger charge is 2.39. The Kier molecular flexibility index (Phi) is 2.74. The molecule has 0 saturated heterocycles. The van der Waals surface area contributed by atoms with Gasteiger partial charge < -0.3 is 10.1 Å². The fourth-order valence-electron chi connectivity index (χ4n) is 3.76. The summed E-state index contributed by atoms with van der Waals surface area (Å²) >= 11 is 0. The Hall–Kier alpha value is -2.29. The van der Waals surface area contributed by atoms with Crippen molar-refractivity contribution in [1.29, 1.82) is 0 Å². The lowest BCUT2D eigenvalue weighted by Crippen LogP contribution is -2.47. The molecule has 1 aliphatic heterocycles. The lowest BCUT2D eigenvalue weighted by atomic mass is 9.72. The molecule has 2 unspecified atom stereocenters. The highest BCUT2D eigenvalue weighted by Crippen LogP contribution is 2.44. The first-order chi connectivity index (χ1) is 10.3. The van der Waals surface area contributed by atoms with Crippen LogP contribution in [0.25, 0.3) is 0 Å². The number of aryl methyl sites for hydroxylation is 1. The first-order valence-corrected chi connectivity index (χ1v) is 7.35. The van der Waals surface area contributed by atoms with E-state index < -0.39 is 0 Å². The Bertz CT molecular complexity index is 723. The molecular weight excluding hydrogens is 262 g/mol. The number of benzene rings is 2. The monoisotopic (exact) mass is 279 g/mol. The van der Waals surface area contributed by atoms with Crippen LogP contribution in [0, 0.1) is 0 Å². The summed E-state index contributed by atoms with van der Waals surface area (Å²) in [6.07, 6.45) is 1.99. The van der Waals surface area contributed by atoms with Gasteiger partial charge in [-0.2, -0.15) is 0 Å². The minimum Gasteiger partial charge on any atom is -0.496 e. The molecule has 0 fully saturated rings. The highest BCUT2D eigenvalue weighted by molar-refractivity contribution is 5.98. The fraction of sp³-hybridized carbons (Fsp3) is 0.278. The molecule has 21 heavy (non-hydrogen) atoms. The van der Waals surface area contributed by atoms with Gasteiger partial charge in [-0.3, -0.25) is 4.79 Å². The van der Waals surface area contributed by atoms with Gasteiger partial charge in [-0.25, -0.2) is 0 Å². The van der Waals surface area contributed by atoms with Gasteiger partial charge in [-0.1, -0.05) is 30.3 Å². The molecule has 1 aliphatic carbocycles. The summed E-state index contributed by atoms with van der Waals surface area (Å²) < 4.78 is 5.54. The van der Waals surface area contributed by atoms with Crippen LogP contribution in [0.3, 0.4) is 0 Å². The molecule has 0 spiro atoms. The number of nitrogens with one attached hydrogen (secondary N) is 1. The van der Waals surface area contributed by atoms with E-state index in [-0.39, 0.29) is 17.9 Å². The fourth-order valence-corrected chi connectivity index (χ4v) is 3.76. The molecule has 2 aromatic rings. The number of methoxy groups -OCH3 is 1. The number of carbonyl (C=O) groups is 1. The second-order valence-corrected chi connectivity index (χ2v) is 5.72. The average Bonchev–Trinajstić information content (AvgIpc) is 2.54. The van der Waals surface area contributed by atoms with E-state index in [0.717, 1.165) is 29.7 Å². The largest absolute Gasteiger partial charge is 0.496 e. The number of ether oxygens (including phenoxy) is 1. The van der Waals surface area contributed by atoms with E-state index in [0.29, 0.717) is 0 Å². The molecule has 1 amide bonds.